The average Bonchev–Trinajstić information content (AvgIpc) is 3.60. The second kappa shape index (κ2) is 10.9. The van der Waals surface area contributed by atoms with E-state index in [1.54, 1.807) is 48.5 Å². The molecule has 0 fully saturated rings. The van der Waals surface area contributed by atoms with Gasteiger partial charge in [-0.3, -0.25) is 9.59 Å². The molecule has 0 radical (unpaired) electrons. The van der Waals surface area contributed by atoms with Crippen molar-refractivity contribution in [1.29, 1.82) is 0 Å². The number of rotatable bonds is 6. The molecule has 6 rings (SSSR count). The van der Waals surface area contributed by atoms with Crippen molar-refractivity contribution in [2.75, 3.05) is 5.32 Å². The Morgan fingerprint density at radius 3 is 2.64 bits per heavy atom. The van der Waals surface area contributed by atoms with Crippen LogP contribution in [0.5, 0.6) is 0 Å². The van der Waals surface area contributed by atoms with Crippen LogP contribution in [0.4, 0.5) is 23.2 Å². The lowest BCUT2D eigenvalue weighted by molar-refractivity contribution is -0.137. The second-order valence-electron chi connectivity index (χ2n) is 9.98. The van der Waals surface area contributed by atoms with Gasteiger partial charge in [0.25, 0.3) is 11.8 Å². The molecule has 8 nitrogen and oxygen atoms in total. The summed E-state index contributed by atoms with van der Waals surface area (Å²) >= 11 is 6.54. The lowest BCUT2D eigenvalue weighted by Gasteiger charge is -2.20. The van der Waals surface area contributed by atoms with Crippen LogP contribution in [-0.4, -0.2) is 26.4 Å². The van der Waals surface area contributed by atoms with Crippen molar-refractivity contribution in [2.24, 2.45) is 5.73 Å². The van der Waals surface area contributed by atoms with Gasteiger partial charge in [-0.05, 0) is 71.3 Å². The highest BCUT2D eigenvalue weighted by Gasteiger charge is 2.36. The standard InChI is InChI=1S/C31H21ClF4N6O2/c1-2-15-3-5-23(32)21(7-15)28-27-22(30(44)41-28)10-16(20-4-6-26-38-14-39-42(26)25(20)13-37)11-24(27)40-29(43)17-8-18(31(34,35)36)12-19(33)9-17/h2-12,14,28H,1,13,37H2,(H,40,43)(H,41,44). The number of carbonyl (C=O) groups is 2. The fraction of sp³-hybridized carbons (Fsp3) is 0.0968. The summed E-state index contributed by atoms with van der Waals surface area (Å²) in [6, 6.07) is 12.4. The van der Waals surface area contributed by atoms with E-state index in [1.807, 2.05) is 0 Å². The smallest absolute Gasteiger partial charge is 0.341 e. The fourth-order valence-electron chi connectivity index (χ4n) is 5.31. The fourth-order valence-corrected chi connectivity index (χ4v) is 5.54. The summed E-state index contributed by atoms with van der Waals surface area (Å²) < 4.78 is 56.0. The van der Waals surface area contributed by atoms with Gasteiger partial charge < -0.3 is 16.4 Å². The summed E-state index contributed by atoms with van der Waals surface area (Å²) in [6.45, 7) is 3.81. The predicted octanol–water partition coefficient (Wildman–Crippen LogP) is 6.39. The largest absolute Gasteiger partial charge is 0.416 e. The third-order valence-electron chi connectivity index (χ3n) is 7.34. The van der Waals surface area contributed by atoms with Crippen LogP contribution in [0.1, 0.15) is 54.7 Å². The summed E-state index contributed by atoms with van der Waals surface area (Å²) in [5.41, 5.74) is 8.07. The highest BCUT2D eigenvalue weighted by molar-refractivity contribution is 6.31. The molecular formula is C31H21ClF4N6O2. The number of aromatic nitrogens is 3. The number of anilines is 1. The molecule has 1 unspecified atom stereocenters. The SMILES string of the molecule is C=Cc1ccc(Cl)c(C2NC(=O)c3cc(-c4ccc5ncnn5c4CN)cc(NC(=O)c4cc(F)cc(C(F)(F)F)c4)c32)c1. The third kappa shape index (κ3) is 5.07. The molecule has 2 amide bonds. The number of amides is 2. The van der Waals surface area contributed by atoms with Gasteiger partial charge in [-0.15, -0.1) is 0 Å². The van der Waals surface area contributed by atoms with Crippen molar-refractivity contribution in [3.05, 3.63) is 123 Å². The predicted molar refractivity (Wildman–Crippen MR) is 157 cm³/mol. The first-order valence-electron chi connectivity index (χ1n) is 13.1. The number of nitrogens with zero attached hydrogens (tertiary/aromatic N) is 3. The molecule has 44 heavy (non-hydrogen) atoms. The Labute approximate surface area is 252 Å². The van der Waals surface area contributed by atoms with Crippen molar-refractivity contribution >= 4 is 40.8 Å². The minimum atomic E-state index is -4.88. The number of hydrogen-bond acceptors (Lipinski definition) is 5. The van der Waals surface area contributed by atoms with E-state index in [0.717, 1.165) is 0 Å². The number of benzene rings is 3. The Morgan fingerprint density at radius 1 is 1.11 bits per heavy atom. The molecule has 0 aliphatic carbocycles. The number of halogens is 5. The molecule has 1 aliphatic heterocycles. The van der Waals surface area contributed by atoms with Crippen LogP contribution in [0, 0.1) is 5.82 Å². The average molecular weight is 621 g/mol. The van der Waals surface area contributed by atoms with Crippen LogP contribution in [0.2, 0.25) is 5.02 Å². The lowest BCUT2D eigenvalue weighted by atomic mass is 9.91. The van der Waals surface area contributed by atoms with Gasteiger partial charge in [-0.1, -0.05) is 30.3 Å². The molecule has 1 aliphatic rings. The molecule has 3 aromatic carbocycles. The van der Waals surface area contributed by atoms with E-state index in [1.165, 1.54) is 10.8 Å². The van der Waals surface area contributed by atoms with Gasteiger partial charge in [-0.25, -0.2) is 13.9 Å². The first-order chi connectivity index (χ1) is 21.0. The van der Waals surface area contributed by atoms with E-state index in [9.17, 15) is 27.2 Å². The van der Waals surface area contributed by atoms with Crippen LogP contribution < -0.4 is 16.4 Å². The second-order valence-corrected chi connectivity index (χ2v) is 10.4. The molecule has 0 saturated carbocycles. The zero-order valence-electron chi connectivity index (χ0n) is 22.5. The van der Waals surface area contributed by atoms with Gasteiger partial charge in [0, 0.05) is 39.5 Å². The minimum absolute atomic E-state index is 0.0388. The van der Waals surface area contributed by atoms with E-state index < -0.39 is 41.0 Å². The van der Waals surface area contributed by atoms with Crippen molar-refractivity contribution < 1.29 is 27.2 Å². The number of carbonyl (C=O) groups excluding carboxylic acids is 2. The summed E-state index contributed by atoms with van der Waals surface area (Å²) in [5.74, 6) is -2.74. The van der Waals surface area contributed by atoms with Crippen molar-refractivity contribution in [1.82, 2.24) is 19.9 Å². The van der Waals surface area contributed by atoms with E-state index in [-0.39, 0.29) is 17.8 Å². The van der Waals surface area contributed by atoms with Gasteiger partial charge in [0.05, 0.1) is 17.3 Å². The molecule has 5 aromatic rings. The molecule has 2 aromatic heterocycles. The zero-order chi connectivity index (χ0) is 31.3. The van der Waals surface area contributed by atoms with Gasteiger partial charge in [0.2, 0.25) is 0 Å². The van der Waals surface area contributed by atoms with Crippen molar-refractivity contribution in [3.63, 3.8) is 0 Å². The molecule has 0 bridgehead atoms. The van der Waals surface area contributed by atoms with Crippen LogP contribution in [0.15, 0.2) is 73.6 Å². The van der Waals surface area contributed by atoms with E-state index in [0.29, 0.717) is 62.4 Å². The summed E-state index contributed by atoms with van der Waals surface area (Å²) in [5, 5.41) is 10.0. The summed E-state index contributed by atoms with van der Waals surface area (Å²) in [4.78, 5) is 31.0. The maximum Gasteiger partial charge on any atom is 0.416 e. The number of alkyl halides is 3. The summed E-state index contributed by atoms with van der Waals surface area (Å²) in [6.07, 6.45) is -1.93. The number of fused-ring (bicyclic) bond motifs is 2. The van der Waals surface area contributed by atoms with Crippen molar-refractivity contribution in [3.8, 4) is 11.1 Å². The number of hydrogen-bond donors (Lipinski definition) is 3. The molecule has 0 saturated heterocycles. The van der Waals surface area contributed by atoms with Gasteiger partial charge in [-0.2, -0.15) is 18.3 Å². The van der Waals surface area contributed by atoms with Crippen LogP contribution in [0.25, 0.3) is 22.9 Å². The van der Waals surface area contributed by atoms with Crippen LogP contribution in [0.3, 0.4) is 0 Å². The molecular weight excluding hydrogens is 600 g/mol. The normalized spacial score (nSPS) is 14.4. The van der Waals surface area contributed by atoms with Crippen LogP contribution >= 0.6 is 11.6 Å². The number of pyridine rings is 1. The third-order valence-corrected chi connectivity index (χ3v) is 7.68. The molecule has 13 heteroatoms. The highest BCUT2D eigenvalue weighted by atomic mass is 35.5. The monoisotopic (exact) mass is 620 g/mol. The lowest BCUT2D eigenvalue weighted by Crippen LogP contribution is -2.21. The maximum atomic E-state index is 14.2. The zero-order valence-corrected chi connectivity index (χ0v) is 23.3. The Hall–Kier alpha value is -5.07. The van der Waals surface area contributed by atoms with E-state index >= 15 is 0 Å². The Balaban J connectivity index is 1.55. The Bertz CT molecular complexity index is 2010. The maximum absolute atomic E-state index is 14.2. The Morgan fingerprint density at radius 2 is 1.91 bits per heavy atom. The first-order valence-corrected chi connectivity index (χ1v) is 13.5. The van der Waals surface area contributed by atoms with E-state index in [4.69, 9.17) is 17.3 Å². The van der Waals surface area contributed by atoms with Gasteiger partial charge >= 0.3 is 6.18 Å². The van der Waals surface area contributed by atoms with Crippen LogP contribution in [-0.2, 0) is 12.7 Å². The minimum Gasteiger partial charge on any atom is -0.341 e. The molecule has 0 spiro atoms. The Kier molecular flexibility index (Phi) is 7.18. The van der Waals surface area contributed by atoms with Gasteiger partial charge in [0.1, 0.15) is 12.1 Å². The first kappa shape index (κ1) is 29.0. The number of nitrogens with two attached hydrogens (primary N) is 1. The quantitative estimate of drug-likeness (QED) is 0.190. The highest BCUT2D eigenvalue weighted by Crippen LogP contribution is 2.42. The number of nitrogens with one attached hydrogen (secondary N) is 2. The van der Waals surface area contributed by atoms with Crippen molar-refractivity contribution in [2.45, 2.75) is 18.8 Å². The molecule has 4 N–H and O–H groups in total. The molecule has 3 heterocycles. The molecule has 1 atom stereocenters. The summed E-state index contributed by atoms with van der Waals surface area (Å²) in [7, 11) is 0. The van der Waals surface area contributed by atoms with Gasteiger partial charge in [0.15, 0.2) is 5.65 Å². The topological polar surface area (TPSA) is 114 Å². The molecule has 222 valence electrons. The van der Waals surface area contributed by atoms with E-state index in [2.05, 4.69) is 27.3 Å².